The van der Waals surface area contributed by atoms with E-state index in [2.05, 4.69) is 10.6 Å². The third-order valence-corrected chi connectivity index (χ3v) is 5.93. The predicted molar refractivity (Wildman–Crippen MR) is 117 cm³/mol. The number of nitrogens with one attached hydrogen (secondary N) is 2. The van der Waals surface area contributed by atoms with Crippen molar-refractivity contribution in [1.82, 2.24) is 10.2 Å². The normalized spacial score (nSPS) is 17.9. The van der Waals surface area contributed by atoms with E-state index in [9.17, 15) is 14.4 Å². The van der Waals surface area contributed by atoms with Crippen molar-refractivity contribution in [2.24, 2.45) is 0 Å². The van der Waals surface area contributed by atoms with Crippen molar-refractivity contribution in [3.8, 4) is 11.5 Å². The number of ether oxygens (including phenoxy) is 1. The highest BCUT2D eigenvalue weighted by Crippen LogP contribution is 2.34. The first-order chi connectivity index (χ1) is 15.0. The Kier molecular flexibility index (Phi) is 6.13. The van der Waals surface area contributed by atoms with Crippen LogP contribution in [-0.4, -0.2) is 34.8 Å². The highest BCUT2D eigenvalue weighted by molar-refractivity contribution is 6.31. The zero-order chi connectivity index (χ0) is 21.8. The molecule has 1 saturated heterocycles. The SMILES string of the molecule is O=C(CN1C(=O)NC2(CCCCCC2)C1=O)Nc1cc(Cl)ccc1Oc1ccccc1. The maximum Gasteiger partial charge on any atom is 0.325 e. The quantitative estimate of drug-likeness (QED) is 0.657. The Balaban J connectivity index is 1.47. The molecule has 4 rings (SSSR count). The zero-order valence-corrected chi connectivity index (χ0v) is 17.8. The summed E-state index contributed by atoms with van der Waals surface area (Å²) in [5.74, 6) is 0.182. The summed E-state index contributed by atoms with van der Waals surface area (Å²) in [6.07, 6.45) is 5.08. The van der Waals surface area contributed by atoms with Gasteiger partial charge in [-0.2, -0.15) is 0 Å². The van der Waals surface area contributed by atoms with Gasteiger partial charge < -0.3 is 15.4 Å². The molecule has 7 nitrogen and oxygen atoms in total. The number of hydrogen-bond donors (Lipinski definition) is 2. The van der Waals surface area contributed by atoms with Gasteiger partial charge >= 0.3 is 6.03 Å². The molecule has 4 amide bonds. The van der Waals surface area contributed by atoms with Crippen molar-refractivity contribution in [2.45, 2.75) is 44.1 Å². The van der Waals surface area contributed by atoms with E-state index >= 15 is 0 Å². The molecule has 2 N–H and O–H groups in total. The summed E-state index contributed by atoms with van der Waals surface area (Å²) in [5, 5.41) is 5.98. The largest absolute Gasteiger partial charge is 0.455 e. The molecule has 0 radical (unpaired) electrons. The molecule has 0 bridgehead atoms. The number of anilines is 1. The maximum absolute atomic E-state index is 13.0. The van der Waals surface area contributed by atoms with Crippen molar-refractivity contribution in [2.75, 3.05) is 11.9 Å². The molecule has 1 aliphatic carbocycles. The lowest BCUT2D eigenvalue weighted by Crippen LogP contribution is -2.47. The van der Waals surface area contributed by atoms with Crippen molar-refractivity contribution >= 4 is 35.1 Å². The molecule has 1 heterocycles. The van der Waals surface area contributed by atoms with Crippen LogP contribution in [0, 0.1) is 0 Å². The van der Waals surface area contributed by atoms with Crippen LogP contribution in [0.4, 0.5) is 10.5 Å². The molecule has 0 unspecified atom stereocenters. The number of nitrogens with zero attached hydrogens (tertiary/aromatic N) is 1. The topological polar surface area (TPSA) is 87.7 Å². The van der Waals surface area contributed by atoms with Crippen LogP contribution < -0.4 is 15.4 Å². The summed E-state index contributed by atoms with van der Waals surface area (Å²) >= 11 is 6.10. The Morgan fingerprint density at radius 3 is 2.48 bits per heavy atom. The van der Waals surface area contributed by atoms with Gasteiger partial charge in [-0.05, 0) is 43.2 Å². The molecule has 2 fully saturated rings. The first kappa shape index (κ1) is 21.2. The van der Waals surface area contributed by atoms with Crippen LogP contribution in [-0.2, 0) is 9.59 Å². The van der Waals surface area contributed by atoms with Crippen LogP contribution in [0.25, 0.3) is 0 Å². The number of amides is 4. The Labute approximate surface area is 185 Å². The lowest BCUT2D eigenvalue weighted by Gasteiger charge is -2.24. The lowest BCUT2D eigenvalue weighted by atomic mass is 9.90. The molecule has 0 atom stereocenters. The lowest BCUT2D eigenvalue weighted by molar-refractivity contribution is -0.134. The fourth-order valence-corrected chi connectivity index (χ4v) is 4.30. The Bertz CT molecular complexity index is 988. The summed E-state index contributed by atoms with van der Waals surface area (Å²) in [7, 11) is 0. The van der Waals surface area contributed by atoms with E-state index in [0.717, 1.165) is 30.6 Å². The molecule has 2 aromatic carbocycles. The second-order valence-corrected chi connectivity index (χ2v) is 8.36. The first-order valence-corrected chi connectivity index (χ1v) is 10.8. The summed E-state index contributed by atoms with van der Waals surface area (Å²) in [4.78, 5) is 39.2. The van der Waals surface area contributed by atoms with Crippen molar-refractivity contribution in [3.05, 3.63) is 53.6 Å². The molecule has 2 aliphatic rings. The van der Waals surface area contributed by atoms with E-state index in [1.54, 1.807) is 30.3 Å². The Morgan fingerprint density at radius 1 is 1.06 bits per heavy atom. The molecule has 31 heavy (non-hydrogen) atoms. The van der Waals surface area contributed by atoms with Crippen LogP contribution in [0.2, 0.25) is 5.02 Å². The van der Waals surface area contributed by atoms with Gasteiger partial charge in [-0.25, -0.2) is 4.79 Å². The van der Waals surface area contributed by atoms with E-state index in [1.165, 1.54) is 0 Å². The van der Waals surface area contributed by atoms with Crippen LogP contribution in [0.3, 0.4) is 0 Å². The zero-order valence-electron chi connectivity index (χ0n) is 17.0. The summed E-state index contributed by atoms with van der Waals surface area (Å²) in [6.45, 7) is -0.371. The number of hydrogen-bond acceptors (Lipinski definition) is 4. The summed E-state index contributed by atoms with van der Waals surface area (Å²) in [5.41, 5.74) is -0.511. The monoisotopic (exact) mass is 441 g/mol. The fraction of sp³-hybridized carbons (Fsp3) is 0.348. The molecule has 0 aromatic heterocycles. The molecule has 1 spiro atoms. The summed E-state index contributed by atoms with van der Waals surface area (Å²) in [6, 6.07) is 13.5. The highest BCUT2D eigenvalue weighted by Gasteiger charge is 2.51. The average molecular weight is 442 g/mol. The maximum atomic E-state index is 13.0. The Hall–Kier alpha value is -3.06. The molecule has 2 aromatic rings. The third kappa shape index (κ3) is 4.66. The van der Waals surface area contributed by atoms with Gasteiger partial charge in [0.2, 0.25) is 5.91 Å². The average Bonchev–Trinajstić information content (AvgIpc) is 2.91. The van der Waals surface area contributed by atoms with Crippen LogP contribution in [0.15, 0.2) is 48.5 Å². The van der Waals surface area contributed by atoms with Crippen LogP contribution >= 0.6 is 11.6 Å². The van der Waals surface area contributed by atoms with Gasteiger partial charge in [0.15, 0.2) is 5.75 Å². The molecule has 1 aliphatic heterocycles. The van der Waals surface area contributed by atoms with Crippen molar-refractivity contribution in [3.63, 3.8) is 0 Å². The van der Waals surface area contributed by atoms with Gasteiger partial charge in [0.1, 0.15) is 17.8 Å². The number of urea groups is 1. The highest BCUT2D eigenvalue weighted by atomic mass is 35.5. The predicted octanol–water partition coefficient (Wildman–Crippen LogP) is 4.72. The fourth-order valence-electron chi connectivity index (χ4n) is 4.13. The van der Waals surface area contributed by atoms with Crippen LogP contribution in [0.1, 0.15) is 38.5 Å². The molecule has 162 valence electrons. The van der Waals surface area contributed by atoms with Gasteiger partial charge in [-0.1, -0.05) is 55.5 Å². The van der Waals surface area contributed by atoms with Gasteiger partial charge in [-0.3, -0.25) is 14.5 Å². The molecule has 1 saturated carbocycles. The van der Waals surface area contributed by atoms with E-state index in [4.69, 9.17) is 16.3 Å². The number of imide groups is 1. The van der Waals surface area contributed by atoms with Crippen LogP contribution in [0.5, 0.6) is 11.5 Å². The smallest absolute Gasteiger partial charge is 0.325 e. The van der Waals surface area contributed by atoms with Crippen molar-refractivity contribution < 1.29 is 19.1 Å². The van der Waals surface area contributed by atoms with Gasteiger partial charge in [0.05, 0.1) is 5.69 Å². The second kappa shape index (κ2) is 8.98. The molecular weight excluding hydrogens is 418 g/mol. The van der Waals surface area contributed by atoms with Gasteiger partial charge in [0, 0.05) is 5.02 Å². The number of halogens is 1. The minimum Gasteiger partial charge on any atom is -0.455 e. The number of carbonyl (C=O) groups excluding carboxylic acids is 3. The van der Waals surface area contributed by atoms with Gasteiger partial charge in [-0.15, -0.1) is 0 Å². The second-order valence-electron chi connectivity index (χ2n) is 7.92. The van der Waals surface area contributed by atoms with Gasteiger partial charge in [0.25, 0.3) is 5.91 Å². The van der Waals surface area contributed by atoms with E-state index in [0.29, 0.717) is 35.1 Å². The number of carbonyl (C=O) groups is 3. The first-order valence-electron chi connectivity index (χ1n) is 10.4. The third-order valence-electron chi connectivity index (χ3n) is 5.69. The minimum atomic E-state index is -0.870. The van der Waals surface area contributed by atoms with E-state index in [-0.39, 0.29) is 12.5 Å². The minimum absolute atomic E-state index is 0.318. The number of rotatable bonds is 5. The van der Waals surface area contributed by atoms with E-state index < -0.39 is 17.5 Å². The number of benzene rings is 2. The standard InChI is InChI=1S/C23H24ClN3O4/c24-16-10-11-19(31-17-8-4-3-5-9-17)18(14-16)25-20(28)15-27-21(29)23(26-22(27)30)12-6-1-2-7-13-23/h3-5,8-11,14H,1-2,6-7,12-13,15H2,(H,25,28)(H,26,30). The number of para-hydroxylation sites is 1. The molecular formula is C23H24ClN3O4. The van der Waals surface area contributed by atoms with E-state index in [1.807, 2.05) is 18.2 Å². The molecule has 8 heteroatoms. The Morgan fingerprint density at radius 2 is 1.77 bits per heavy atom. The van der Waals surface area contributed by atoms with Crippen molar-refractivity contribution in [1.29, 1.82) is 0 Å². The summed E-state index contributed by atoms with van der Waals surface area (Å²) < 4.78 is 5.85.